The van der Waals surface area contributed by atoms with Crippen molar-refractivity contribution in [3.8, 4) is 0 Å². The van der Waals surface area contributed by atoms with Crippen LogP contribution in [-0.4, -0.2) is 53.3 Å². The van der Waals surface area contributed by atoms with Crippen molar-refractivity contribution in [2.75, 3.05) is 38.3 Å². The second-order valence-electron chi connectivity index (χ2n) is 6.38. The summed E-state index contributed by atoms with van der Waals surface area (Å²) in [6.07, 6.45) is 2.35. The molecule has 0 aromatic heterocycles. The molecule has 112 valence electrons. The Morgan fingerprint density at radius 1 is 1.32 bits per heavy atom. The van der Waals surface area contributed by atoms with Gasteiger partial charge in [0.2, 0.25) is 5.91 Å². The minimum absolute atomic E-state index is 0.104. The summed E-state index contributed by atoms with van der Waals surface area (Å²) in [5.74, 6) is 2.82. The van der Waals surface area contributed by atoms with Gasteiger partial charge in [-0.25, -0.2) is 0 Å². The normalized spacial score (nSPS) is 28.9. The molecule has 2 heterocycles. The third kappa shape index (κ3) is 6.04. The lowest BCUT2D eigenvalue weighted by atomic mass is 9.84. The number of rotatable bonds is 2. The van der Waals surface area contributed by atoms with Gasteiger partial charge in [0.25, 0.3) is 0 Å². The van der Waals surface area contributed by atoms with Crippen molar-refractivity contribution in [1.29, 1.82) is 0 Å². The standard InChI is InChI=1S/C8H15NO2.C6H12OS/c1-8(2)5-9(6-8)7(10)4-11-3;1-6-2-4-8(7)5-3-6/h4-6H2,1-3H3;6H,2-5H2,1H3. The second-order valence-corrected chi connectivity index (χ2v) is 8.07. The molecule has 0 unspecified atom stereocenters. The van der Waals surface area contributed by atoms with E-state index in [1.54, 1.807) is 7.11 Å². The molecule has 0 aliphatic carbocycles. The van der Waals surface area contributed by atoms with Crippen molar-refractivity contribution in [2.24, 2.45) is 11.3 Å². The Balaban J connectivity index is 0.000000200. The summed E-state index contributed by atoms with van der Waals surface area (Å²) in [4.78, 5) is 12.9. The predicted octanol–water partition coefficient (Wildman–Crippen LogP) is 1.67. The molecule has 5 heteroatoms. The van der Waals surface area contributed by atoms with Gasteiger partial charge >= 0.3 is 0 Å². The molecular weight excluding hydrogens is 262 g/mol. The Bertz CT molecular complexity index is 313. The number of nitrogens with zero attached hydrogens (tertiary/aromatic N) is 1. The molecule has 2 aliphatic heterocycles. The highest BCUT2D eigenvalue weighted by Gasteiger charge is 2.36. The molecule has 4 nitrogen and oxygen atoms in total. The van der Waals surface area contributed by atoms with Crippen LogP contribution in [0.15, 0.2) is 0 Å². The van der Waals surface area contributed by atoms with Gasteiger partial charge in [-0.05, 0) is 24.2 Å². The number of carbonyl (C=O) groups is 1. The molecule has 0 aromatic carbocycles. The van der Waals surface area contributed by atoms with Gasteiger partial charge in [0.1, 0.15) is 6.61 Å². The highest BCUT2D eigenvalue weighted by molar-refractivity contribution is 7.85. The maximum atomic E-state index is 11.1. The van der Waals surface area contributed by atoms with E-state index in [2.05, 4.69) is 20.8 Å². The number of carbonyl (C=O) groups excluding carboxylic acids is 1. The molecule has 19 heavy (non-hydrogen) atoms. The van der Waals surface area contributed by atoms with Gasteiger partial charge in [-0.1, -0.05) is 20.8 Å². The van der Waals surface area contributed by atoms with Gasteiger partial charge in [-0.15, -0.1) is 0 Å². The summed E-state index contributed by atoms with van der Waals surface area (Å²) in [5.41, 5.74) is 0.323. The Kier molecular flexibility index (Phi) is 6.47. The van der Waals surface area contributed by atoms with Crippen molar-refractivity contribution in [3.63, 3.8) is 0 Å². The molecule has 2 rings (SSSR count). The van der Waals surface area contributed by atoms with Crippen molar-refractivity contribution >= 4 is 16.7 Å². The molecule has 0 aromatic rings. The van der Waals surface area contributed by atoms with Gasteiger partial charge in [0.15, 0.2) is 0 Å². The van der Waals surface area contributed by atoms with Gasteiger partial charge < -0.3 is 9.64 Å². The van der Waals surface area contributed by atoms with Gasteiger partial charge in [-0.2, -0.15) is 0 Å². The fourth-order valence-corrected chi connectivity index (χ4v) is 3.82. The van der Waals surface area contributed by atoms with E-state index < -0.39 is 10.8 Å². The summed E-state index contributed by atoms with van der Waals surface area (Å²) >= 11 is 0. The number of hydrogen-bond acceptors (Lipinski definition) is 3. The van der Waals surface area contributed by atoms with E-state index in [0.29, 0.717) is 5.41 Å². The van der Waals surface area contributed by atoms with Gasteiger partial charge in [0.05, 0.1) is 0 Å². The third-order valence-corrected chi connectivity index (χ3v) is 4.92. The number of methoxy groups -OCH3 is 1. The van der Waals surface area contributed by atoms with E-state index in [0.717, 1.165) is 30.5 Å². The van der Waals surface area contributed by atoms with Crippen molar-refractivity contribution < 1.29 is 13.7 Å². The van der Waals surface area contributed by atoms with E-state index in [9.17, 15) is 9.00 Å². The highest BCUT2D eigenvalue weighted by Crippen LogP contribution is 2.28. The lowest BCUT2D eigenvalue weighted by Gasteiger charge is -2.45. The smallest absolute Gasteiger partial charge is 0.248 e. The fourth-order valence-electron chi connectivity index (χ4n) is 2.29. The molecule has 2 aliphatic rings. The fraction of sp³-hybridized carbons (Fsp3) is 0.929. The van der Waals surface area contributed by atoms with Crippen LogP contribution in [0.1, 0.15) is 33.6 Å². The third-order valence-electron chi connectivity index (χ3n) is 3.53. The quantitative estimate of drug-likeness (QED) is 0.777. The van der Waals surface area contributed by atoms with Crippen LogP contribution < -0.4 is 0 Å². The molecule has 2 fully saturated rings. The van der Waals surface area contributed by atoms with E-state index in [1.807, 2.05) is 4.90 Å². The van der Waals surface area contributed by atoms with E-state index in [1.165, 1.54) is 12.8 Å². The van der Waals surface area contributed by atoms with E-state index in [4.69, 9.17) is 4.74 Å². The zero-order valence-corrected chi connectivity index (χ0v) is 13.4. The molecule has 0 spiro atoms. The minimum Gasteiger partial charge on any atom is -0.375 e. The average Bonchev–Trinajstić information content (AvgIpc) is 2.31. The molecule has 0 atom stereocenters. The van der Waals surface area contributed by atoms with Crippen molar-refractivity contribution in [2.45, 2.75) is 33.6 Å². The van der Waals surface area contributed by atoms with Crippen LogP contribution in [0.2, 0.25) is 0 Å². The maximum absolute atomic E-state index is 11.1. The first-order valence-electron chi connectivity index (χ1n) is 6.96. The molecule has 2 saturated heterocycles. The van der Waals surface area contributed by atoms with Crippen molar-refractivity contribution in [3.05, 3.63) is 0 Å². The van der Waals surface area contributed by atoms with Crippen LogP contribution in [-0.2, 0) is 20.3 Å². The average molecular weight is 289 g/mol. The molecular formula is C14H27NO3S. The minimum atomic E-state index is -0.461. The molecule has 0 saturated carbocycles. The number of ether oxygens (including phenoxy) is 1. The van der Waals surface area contributed by atoms with Crippen LogP contribution in [0, 0.1) is 11.3 Å². The summed E-state index contributed by atoms with van der Waals surface area (Å²) in [7, 11) is 1.08. The zero-order valence-electron chi connectivity index (χ0n) is 12.6. The summed E-state index contributed by atoms with van der Waals surface area (Å²) in [6.45, 7) is 8.50. The molecule has 0 bridgehead atoms. The van der Waals surface area contributed by atoms with Gasteiger partial charge in [-0.3, -0.25) is 9.00 Å². The Hall–Kier alpha value is -0.420. The Morgan fingerprint density at radius 2 is 1.84 bits per heavy atom. The summed E-state index contributed by atoms with van der Waals surface area (Å²) in [6, 6.07) is 0. The van der Waals surface area contributed by atoms with Gasteiger partial charge in [0, 0.05) is 42.5 Å². The maximum Gasteiger partial charge on any atom is 0.248 e. The lowest BCUT2D eigenvalue weighted by Crippen LogP contribution is -2.56. The molecule has 0 radical (unpaired) electrons. The first kappa shape index (κ1) is 16.6. The summed E-state index contributed by atoms with van der Waals surface area (Å²) in [5, 5.41) is 0. The number of amides is 1. The number of likely N-dealkylation sites (tertiary alicyclic amines) is 1. The zero-order chi connectivity index (χ0) is 14.5. The van der Waals surface area contributed by atoms with Crippen LogP contribution in [0.5, 0.6) is 0 Å². The summed E-state index contributed by atoms with van der Waals surface area (Å²) < 4.78 is 15.5. The van der Waals surface area contributed by atoms with Crippen LogP contribution in [0.4, 0.5) is 0 Å². The first-order chi connectivity index (χ1) is 8.84. The lowest BCUT2D eigenvalue weighted by molar-refractivity contribution is -0.145. The SMILES string of the molecule is CC1CCS(=O)CC1.COCC(=O)N1CC(C)(C)C1. The highest BCUT2D eigenvalue weighted by atomic mass is 32.2. The molecule has 1 amide bonds. The largest absolute Gasteiger partial charge is 0.375 e. The van der Waals surface area contributed by atoms with Crippen molar-refractivity contribution in [1.82, 2.24) is 4.90 Å². The van der Waals surface area contributed by atoms with E-state index in [-0.39, 0.29) is 12.5 Å². The van der Waals surface area contributed by atoms with Crippen LogP contribution >= 0.6 is 0 Å². The second kappa shape index (κ2) is 7.39. The van der Waals surface area contributed by atoms with E-state index >= 15 is 0 Å². The molecule has 0 N–H and O–H groups in total. The topological polar surface area (TPSA) is 46.6 Å². The first-order valence-corrected chi connectivity index (χ1v) is 8.44. The predicted molar refractivity (Wildman–Crippen MR) is 78.5 cm³/mol. The number of hydrogen-bond donors (Lipinski definition) is 0. The van der Waals surface area contributed by atoms with Crippen LogP contribution in [0.25, 0.3) is 0 Å². The monoisotopic (exact) mass is 289 g/mol. The Morgan fingerprint density at radius 3 is 2.21 bits per heavy atom. The Labute approximate surface area is 119 Å². The van der Waals surface area contributed by atoms with Crippen LogP contribution in [0.3, 0.4) is 0 Å².